The number of amides is 1. The highest BCUT2D eigenvalue weighted by Gasteiger charge is 2.25. The molecule has 0 aliphatic carbocycles. The Balaban J connectivity index is 1.17. The molecular weight excluding hydrogens is 542 g/mol. The molecular formula is C31H39N11O. The standard InChI is InChI=1S/C31H39N11O/c1-31(2,3)25-19-34-24(18-35-25)30(43)37-21-6-5-11-42(20-21)27-16-23(28-29(39-27)33-10-9-32-28)38-26-8-7-22(17-36-26)41-14-12-40(4)13-15-41/h7-10,16-19,21H,5-6,11-15,20H2,1-4H3,(H,37,43)(H,33,36,38,39)/t21-/m0/s1. The minimum absolute atomic E-state index is 0.0510. The number of piperidine rings is 1. The third kappa shape index (κ3) is 6.64. The molecule has 4 aromatic heterocycles. The second-order valence-electron chi connectivity index (χ2n) is 12.4. The number of hydrogen-bond donors (Lipinski definition) is 2. The number of hydrogen-bond acceptors (Lipinski definition) is 11. The number of likely N-dealkylation sites (N-methyl/N-ethyl adjacent to an activating group) is 1. The van der Waals surface area contributed by atoms with Crippen LogP contribution in [0.15, 0.2) is 49.2 Å². The van der Waals surface area contributed by atoms with Gasteiger partial charge in [-0.05, 0) is 32.0 Å². The molecule has 0 radical (unpaired) electrons. The maximum absolute atomic E-state index is 13.0. The van der Waals surface area contributed by atoms with Gasteiger partial charge in [-0.2, -0.15) is 0 Å². The molecule has 2 saturated heterocycles. The van der Waals surface area contributed by atoms with E-state index in [2.05, 4.69) is 79.2 Å². The summed E-state index contributed by atoms with van der Waals surface area (Å²) in [7, 11) is 2.15. The smallest absolute Gasteiger partial charge is 0.271 e. The molecule has 0 saturated carbocycles. The van der Waals surface area contributed by atoms with Gasteiger partial charge in [0.25, 0.3) is 5.91 Å². The summed E-state index contributed by atoms with van der Waals surface area (Å²) in [6.45, 7) is 11.7. The van der Waals surface area contributed by atoms with E-state index in [1.54, 1.807) is 24.8 Å². The number of nitrogens with zero attached hydrogens (tertiary/aromatic N) is 9. The highest BCUT2D eigenvalue weighted by atomic mass is 16.2. The number of anilines is 4. The van der Waals surface area contributed by atoms with Crippen LogP contribution in [-0.4, -0.2) is 93.1 Å². The number of nitrogens with one attached hydrogen (secondary N) is 2. The molecule has 0 bridgehead atoms. The number of carbonyl (C=O) groups is 1. The summed E-state index contributed by atoms with van der Waals surface area (Å²) in [5.41, 5.74) is 4.18. The molecule has 6 heterocycles. The van der Waals surface area contributed by atoms with E-state index >= 15 is 0 Å². The molecule has 2 aliphatic rings. The lowest BCUT2D eigenvalue weighted by molar-refractivity contribution is 0.0927. The third-order valence-corrected chi connectivity index (χ3v) is 8.04. The summed E-state index contributed by atoms with van der Waals surface area (Å²) in [6.07, 6.45) is 10.3. The number of rotatable bonds is 6. The van der Waals surface area contributed by atoms with E-state index in [0.29, 0.717) is 23.4 Å². The van der Waals surface area contributed by atoms with Crippen LogP contribution in [-0.2, 0) is 5.41 Å². The fourth-order valence-electron chi connectivity index (χ4n) is 5.44. The Morgan fingerprint density at radius 1 is 0.907 bits per heavy atom. The number of pyridine rings is 2. The highest BCUT2D eigenvalue weighted by Crippen LogP contribution is 2.29. The Morgan fingerprint density at radius 3 is 2.44 bits per heavy atom. The molecule has 0 unspecified atom stereocenters. The van der Waals surface area contributed by atoms with Crippen molar-refractivity contribution in [2.45, 2.75) is 45.1 Å². The van der Waals surface area contributed by atoms with Crippen molar-refractivity contribution in [3.63, 3.8) is 0 Å². The second kappa shape index (κ2) is 12.0. The zero-order valence-corrected chi connectivity index (χ0v) is 25.3. The lowest BCUT2D eigenvalue weighted by Gasteiger charge is -2.34. The van der Waals surface area contributed by atoms with Crippen molar-refractivity contribution in [3.8, 4) is 0 Å². The van der Waals surface area contributed by atoms with Crippen molar-refractivity contribution in [2.75, 3.05) is 61.4 Å². The van der Waals surface area contributed by atoms with Gasteiger partial charge in [-0.3, -0.25) is 9.78 Å². The van der Waals surface area contributed by atoms with E-state index in [9.17, 15) is 4.79 Å². The zero-order valence-electron chi connectivity index (χ0n) is 25.3. The summed E-state index contributed by atoms with van der Waals surface area (Å²) >= 11 is 0. The first-order valence-corrected chi connectivity index (χ1v) is 14.9. The normalized spacial score (nSPS) is 18.1. The van der Waals surface area contributed by atoms with Gasteiger partial charge in [0.2, 0.25) is 0 Å². The first kappa shape index (κ1) is 28.7. The van der Waals surface area contributed by atoms with Gasteiger partial charge < -0.3 is 25.3 Å². The maximum Gasteiger partial charge on any atom is 0.271 e. The van der Waals surface area contributed by atoms with E-state index in [1.165, 1.54) is 0 Å². The Kier molecular flexibility index (Phi) is 8.02. The van der Waals surface area contributed by atoms with Crippen molar-refractivity contribution in [2.24, 2.45) is 0 Å². The molecule has 43 heavy (non-hydrogen) atoms. The second-order valence-corrected chi connectivity index (χ2v) is 12.4. The van der Waals surface area contributed by atoms with Crippen molar-refractivity contribution in [1.82, 2.24) is 40.1 Å². The molecule has 224 valence electrons. The lowest BCUT2D eigenvalue weighted by Crippen LogP contribution is -2.48. The fraction of sp³-hybridized carbons (Fsp3) is 0.452. The van der Waals surface area contributed by atoms with Gasteiger partial charge in [0.05, 0.1) is 29.5 Å². The van der Waals surface area contributed by atoms with Crippen LogP contribution in [0.1, 0.15) is 49.8 Å². The highest BCUT2D eigenvalue weighted by molar-refractivity contribution is 5.92. The largest absolute Gasteiger partial charge is 0.368 e. The van der Waals surface area contributed by atoms with Crippen molar-refractivity contribution >= 4 is 40.1 Å². The van der Waals surface area contributed by atoms with Crippen LogP contribution in [0.25, 0.3) is 11.2 Å². The Morgan fingerprint density at radius 2 is 1.72 bits per heavy atom. The van der Waals surface area contributed by atoms with E-state index in [-0.39, 0.29) is 17.4 Å². The van der Waals surface area contributed by atoms with Crippen LogP contribution in [0.2, 0.25) is 0 Å². The monoisotopic (exact) mass is 581 g/mol. The van der Waals surface area contributed by atoms with Crippen LogP contribution in [0.5, 0.6) is 0 Å². The van der Waals surface area contributed by atoms with Gasteiger partial charge in [0, 0.05) is 75.4 Å². The number of aromatic nitrogens is 6. The topological polar surface area (TPSA) is 128 Å². The summed E-state index contributed by atoms with van der Waals surface area (Å²) < 4.78 is 0. The van der Waals surface area contributed by atoms with Crippen LogP contribution in [0.4, 0.5) is 23.0 Å². The van der Waals surface area contributed by atoms with Gasteiger partial charge in [-0.1, -0.05) is 20.8 Å². The van der Waals surface area contributed by atoms with E-state index in [1.807, 2.05) is 18.3 Å². The van der Waals surface area contributed by atoms with Crippen molar-refractivity contribution in [1.29, 1.82) is 0 Å². The van der Waals surface area contributed by atoms with Crippen molar-refractivity contribution in [3.05, 3.63) is 60.6 Å². The minimum Gasteiger partial charge on any atom is -0.368 e. The predicted molar refractivity (Wildman–Crippen MR) is 168 cm³/mol. The van der Waals surface area contributed by atoms with Crippen LogP contribution in [0.3, 0.4) is 0 Å². The minimum atomic E-state index is -0.217. The number of carbonyl (C=O) groups excluding carboxylic acids is 1. The van der Waals surface area contributed by atoms with Gasteiger partial charge in [0.15, 0.2) is 5.65 Å². The SMILES string of the molecule is CN1CCN(c2ccc(Nc3cc(N4CCC[C@H](NC(=O)c5cnc(C(C)(C)C)cn5)C4)nc4nccnc34)nc2)CC1. The van der Waals surface area contributed by atoms with E-state index in [0.717, 1.165) is 74.3 Å². The molecule has 0 spiro atoms. The molecule has 12 nitrogen and oxygen atoms in total. The maximum atomic E-state index is 13.0. The van der Waals surface area contributed by atoms with Gasteiger partial charge in [0.1, 0.15) is 22.8 Å². The molecule has 2 N–H and O–H groups in total. The molecule has 1 atom stereocenters. The molecule has 1 amide bonds. The van der Waals surface area contributed by atoms with Crippen LogP contribution >= 0.6 is 0 Å². The van der Waals surface area contributed by atoms with Gasteiger partial charge in [-0.15, -0.1) is 0 Å². The predicted octanol–water partition coefficient (Wildman–Crippen LogP) is 3.40. The summed E-state index contributed by atoms with van der Waals surface area (Å²) in [5, 5.41) is 6.60. The zero-order chi connectivity index (χ0) is 30.0. The fourth-order valence-corrected chi connectivity index (χ4v) is 5.44. The lowest BCUT2D eigenvalue weighted by atomic mass is 9.93. The molecule has 2 aliphatic heterocycles. The molecule has 2 fully saturated rings. The van der Waals surface area contributed by atoms with E-state index in [4.69, 9.17) is 9.97 Å². The van der Waals surface area contributed by atoms with Crippen LogP contribution in [0, 0.1) is 0 Å². The molecule has 6 rings (SSSR count). The first-order chi connectivity index (χ1) is 20.7. The van der Waals surface area contributed by atoms with E-state index < -0.39 is 0 Å². The average Bonchev–Trinajstić information content (AvgIpc) is 3.01. The Hall–Kier alpha value is -4.45. The quantitative estimate of drug-likeness (QED) is 0.348. The average molecular weight is 582 g/mol. The van der Waals surface area contributed by atoms with Crippen LogP contribution < -0.4 is 20.4 Å². The van der Waals surface area contributed by atoms with Gasteiger partial charge >= 0.3 is 0 Å². The summed E-state index contributed by atoms with van der Waals surface area (Å²) in [4.78, 5) is 47.3. The molecule has 12 heteroatoms. The summed E-state index contributed by atoms with van der Waals surface area (Å²) in [6, 6.07) is 6.05. The first-order valence-electron chi connectivity index (χ1n) is 14.9. The van der Waals surface area contributed by atoms with Gasteiger partial charge in [-0.25, -0.2) is 24.9 Å². The Labute approximate surface area is 252 Å². The number of fused-ring (bicyclic) bond motifs is 1. The van der Waals surface area contributed by atoms with Crippen molar-refractivity contribution < 1.29 is 4.79 Å². The Bertz CT molecular complexity index is 1560. The molecule has 0 aromatic carbocycles. The summed E-state index contributed by atoms with van der Waals surface area (Å²) in [5.74, 6) is 1.28. The third-order valence-electron chi connectivity index (χ3n) is 8.04. The number of piperazine rings is 1. The molecule has 4 aromatic rings.